The third-order valence-corrected chi connectivity index (χ3v) is 5.82. The number of sulfonamides is 1. The fourth-order valence-electron chi connectivity index (χ4n) is 3.40. The molecule has 0 radical (unpaired) electrons. The SMILES string of the molecule is C[C@@H]1CN(CCNC(=O)C2CCN(S(C)(=O)=O)CC2)C[C@@H](C)O1. The molecule has 2 atom stereocenters. The van der Waals surface area contributed by atoms with Crippen LogP contribution in [0, 0.1) is 5.92 Å². The van der Waals surface area contributed by atoms with Crippen LogP contribution >= 0.6 is 0 Å². The van der Waals surface area contributed by atoms with E-state index in [1.54, 1.807) is 0 Å². The van der Waals surface area contributed by atoms with Crippen LogP contribution in [0.4, 0.5) is 0 Å². The Balaban J connectivity index is 1.68. The molecular formula is C15H29N3O4S. The number of rotatable bonds is 5. The second kappa shape index (κ2) is 7.92. The van der Waals surface area contributed by atoms with Crippen LogP contribution in [-0.4, -0.2) is 81.3 Å². The van der Waals surface area contributed by atoms with E-state index in [1.807, 2.05) is 0 Å². The highest BCUT2D eigenvalue weighted by Gasteiger charge is 2.29. The summed E-state index contributed by atoms with van der Waals surface area (Å²) in [5, 5.41) is 2.99. The van der Waals surface area contributed by atoms with Crippen molar-refractivity contribution in [3.05, 3.63) is 0 Å². The predicted molar refractivity (Wildman–Crippen MR) is 88.6 cm³/mol. The van der Waals surface area contributed by atoms with Gasteiger partial charge in [0.05, 0.1) is 18.5 Å². The number of carbonyl (C=O) groups excluding carboxylic acids is 1. The summed E-state index contributed by atoms with van der Waals surface area (Å²) in [6, 6.07) is 0. The van der Waals surface area contributed by atoms with Crippen LogP contribution in [0.1, 0.15) is 26.7 Å². The third-order valence-electron chi connectivity index (χ3n) is 4.52. The quantitative estimate of drug-likeness (QED) is 0.750. The van der Waals surface area contributed by atoms with Gasteiger partial charge in [0.1, 0.15) is 0 Å². The first-order valence-corrected chi connectivity index (χ1v) is 10.2. The number of hydrogen-bond donors (Lipinski definition) is 1. The van der Waals surface area contributed by atoms with Crippen molar-refractivity contribution >= 4 is 15.9 Å². The van der Waals surface area contributed by atoms with Crippen LogP contribution in [0.2, 0.25) is 0 Å². The van der Waals surface area contributed by atoms with E-state index in [0.29, 0.717) is 32.5 Å². The van der Waals surface area contributed by atoms with Crippen molar-refractivity contribution in [2.24, 2.45) is 5.92 Å². The Hall–Kier alpha value is -0.700. The first kappa shape index (κ1) is 18.6. The molecule has 1 amide bonds. The van der Waals surface area contributed by atoms with Crippen LogP contribution in [0.15, 0.2) is 0 Å². The van der Waals surface area contributed by atoms with Gasteiger partial charge < -0.3 is 10.1 Å². The number of carbonyl (C=O) groups is 1. The van der Waals surface area contributed by atoms with Gasteiger partial charge in [-0.15, -0.1) is 0 Å². The van der Waals surface area contributed by atoms with Gasteiger partial charge in [0.25, 0.3) is 0 Å². The lowest BCUT2D eigenvalue weighted by molar-refractivity contribution is -0.126. The van der Waals surface area contributed by atoms with Crippen LogP contribution < -0.4 is 5.32 Å². The van der Waals surface area contributed by atoms with E-state index in [9.17, 15) is 13.2 Å². The summed E-state index contributed by atoms with van der Waals surface area (Å²) in [5.74, 6) is -0.0250. The van der Waals surface area contributed by atoms with Crippen molar-refractivity contribution < 1.29 is 17.9 Å². The highest BCUT2D eigenvalue weighted by Crippen LogP contribution is 2.19. The molecule has 0 aromatic rings. The summed E-state index contributed by atoms with van der Waals surface area (Å²) in [7, 11) is -3.13. The molecule has 0 unspecified atom stereocenters. The molecule has 2 saturated heterocycles. The first-order chi connectivity index (χ1) is 10.8. The van der Waals surface area contributed by atoms with E-state index < -0.39 is 10.0 Å². The fraction of sp³-hybridized carbons (Fsp3) is 0.933. The summed E-state index contributed by atoms with van der Waals surface area (Å²) in [6.07, 6.45) is 2.89. The normalized spacial score (nSPS) is 28.7. The minimum absolute atomic E-state index is 0.0486. The number of piperidine rings is 1. The van der Waals surface area contributed by atoms with E-state index in [2.05, 4.69) is 24.1 Å². The number of hydrogen-bond acceptors (Lipinski definition) is 5. The number of ether oxygens (including phenoxy) is 1. The molecule has 0 aliphatic carbocycles. The summed E-state index contributed by atoms with van der Waals surface area (Å²) in [5.41, 5.74) is 0. The zero-order valence-corrected chi connectivity index (χ0v) is 15.1. The first-order valence-electron chi connectivity index (χ1n) is 8.36. The lowest BCUT2D eigenvalue weighted by atomic mass is 9.97. The molecule has 2 aliphatic rings. The lowest BCUT2D eigenvalue weighted by Gasteiger charge is -2.35. The van der Waals surface area contributed by atoms with Gasteiger partial charge in [0.15, 0.2) is 0 Å². The molecule has 1 N–H and O–H groups in total. The van der Waals surface area contributed by atoms with E-state index in [0.717, 1.165) is 19.6 Å². The zero-order chi connectivity index (χ0) is 17.0. The smallest absolute Gasteiger partial charge is 0.223 e. The average Bonchev–Trinajstić information content (AvgIpc) is 2.45. The van der Waals surface area contributed by atoms with Gasteiger partial charge in [-0.1, -0.05) is 0 Å². The van der Waals surface area contributed by atoms with Gasteiger partial charge in [-0.25, -0.2) is 12.7 Å². The van der Waals surface area contributed by atoms with Gasteiger partial charge in [-0.05, 0) is 26.7 Å². The summed E-state index contributed by atoms with van der Waals surface area (Å²) in [6.45, 7) is 8.26. The maximum absolute atomic E-state index is 12.2. The van der Waals surface area contributed by atoms with Crippen LogP contribution in [0.5, 0.6) is 0 Å². The maximum atomic E-state index is 12.2. The molecule has 2 aliphatic heterocycles. The summed E-state index contributed by atoms with van der Waals surface area (Å²) >= 11 is 0. The average molecular weight is 347 g/mol. The molecule has 7 nitrogen and oxygen atoms in total. The Labute approximate surface area is 139 Å². The largest absolute Gasteiger partial charge is 0.373 e. The molecule has 134 valence electrons. The molecule has 0 aromatic heterocycles. The van der Waals surface area contributed by atoms with E-state index in [-0.39, 0.29) is 24.0 Å². The summed E-state index contributed by atoms with van der Waals surface area (Å²) in [4.78, 5) is 14.5. The number of amides is 1. The number of nitrogens with zero attached hydrogens (tertiary/aromatic N) is 2. The van der Waals surface area contributed by atoms with Crippen molar-refractivity contribution in [2.45, 2.75) is 38.9 Å². The van der Waals surface area contributed by atoms with Crippen LogP contribution in [-0.2, 0) is 19.6 Å². The van der Waals surface area contributed by atoms with E-state index in [1.165, 1.54) is 10.6 Å². The minimum atomic E-state index is -3.13. The molecule has 0 bridgehead atoms. The highest BCUT2D eigenvalue weighted by molar-refractivity contribution is 7.88. The van der Waals surface area contributed by atoms with Crippen molar-refractivity contribution in [2.75, 3.05) is 45.5 Å². The van der Waals surface area contributed by atoms with Crippen molar-refractivity contribution in [3.63, 3.8) is 0 Å². The van der Waals surface area contributed by atoms with E-state index in [4.69, 9.17) is 4.74 Å². The second-order valence-corrected chi connectivity index (χ2v) is 8.73. The monoisotopic (exact) mass is 347 g/mol. The standard InChI is InChI=1S/C15H29N3O4S/c1-12-10-17(11-13(2)22-12)9-6-16-15(19)14-4-7-18(8-5-14)23(3,20)21/h12-14H,4-11H2,1-3H3,(H,16,19)/t12-,13-/m1/s1. The molecule has 8 heteroatoms. The topological polar surface area (TPSA) is 79.0 Å². The Morgan fingerprint density at radius 2 is 1.74 bits per heavy atom. The highest BCUT2D eigenvalue weighted by atomic mass is 32.2. The lowest BCUT2D eigenvalue weighted by Crippen LogP contribution is -2.48. The summed E-state index contributed by atoms with van der Waals surface area (Å²) < 4.78 is 30.1. The molecular weight excluding hydrogens is 318 g/mol. The second-order valence-electron chi connectivity index (χ2n) is 6.74. The molecule has 0 aromatic carbocycles. The Morgan fingerprint density at radius 3 is 2.26 bits per heavy atom. The zero-order valence-electron chi connectivity index (χ0n) is 14.3. The van der Waals surface area contributed by atoms with Crippen LogP contribution in [0.25, 0.3) is 0 Å². The van der Waals surface area contributed by atoms with Gasteiger partial charge in [0, 0.05) is 45.2 Å². The van der Waals surface area contributed by atoms with Crippen molar-refractivity contribution in [1.29, 1.82) is 0 Å². The van der Waals surface area contributed by atoms with Crippen molar-refractivity contribution in [3.8, 4) is 0 Å². The van der Waals surface area contributed by atoms with Crippen LogP contribution in [0.3, 0.4) is 0 Å². The van der Waals surface area contributed by atoms with Crippen molar-refractivity contribution in [1.82, 2.24) is 14.5 Å². The molecule has 2 fully saturated rings. The molecule has 0 saturated carbocycles. The number of morpholine rings is 1. The molecule has 0 spiro atoms. The Bertz CT molecular complexity index is 493. The van der Waals surface area contributed by atoms with Gasteiger partial charge >= 0.3 is 0 Å². The maximum Gasteiger partial charge on any atom is 0.223 e. The molecule has 23 heavy (non-hydrogen) atoms. The van der Waals surface area contributed by atoms with Gasteiger partial charge in [-0.2, -0.15) is 0 Å². The molecule has 2 rings (SSSR count). The van der Waals surface area contributed by atoms with E-state index >= 15 is 0 Å². The Morgan fingerprint density at radius 1 is 1.17 bits per heavy atom. The third kappa shape index (κ3) is 5.70. The van der Waals surface area contributed by atoms with Gasteiger partial charge in [-0.3, -0.25) is 9.69 Å². The number of nitrogens with one attached hydrogen (secondary N) is 1. The Kier molecular flexibility index (Phi) is 6.41. The predicted octanol–water partition coefficient (Wildman–Crippen LogP) is -0.117. The fourth-order valence-corrected chi connectivity index (χ4v) is 4.27. The minimum Gasteiger partial charge on any atom is -0.373 e. The molecule has 2 heterocycles. The van der Waals surface area contributed by atoms with Gasteiger partial charge in [0.2, 0.25) is 15.9 Å².